The number of nitrogens with zero attached hydrogens (tertiary/aromatic N) is 2. The maximum atomic E-state index is 6.09. The topological polar surface area (TPSA) is 64.1 Å². The summed E-state index contributed by atoms with van der Waals surface area (Å²) in [4.78, 5) is 0. The van der Waals surface area contributed by atoms with Gasteiger partial charge < -0.3 is 14.9 Å². The molecule has 0 radical (unpaired) electrons. The highest BCUT2D eigenvalue weighted by Gasteiger charge is 2.13. The van der Waals surface area contributed by atoms with E-state index in [0.717, 1.165) is 27.8 Å². The maximum absolute atomic E-state index is 6.09. The number of hydrogen-bond donors (Lipinski definition) is 2. The second-order valence-electron chi connectivity index (χ2n) is 6.51. The van der Waals surface area contributed by atoms with E-state index in [-0.39, 0.29) is 0 Å². The quantitative estimate of drug-likeness (QED) is 0.410. The summed E-state index contributed by atoms with van der Waals surface area (Å²) in [6.45, 7) is 7.68. The highest BCUT2D eigenvalue weighted by Crippen LogP contribution is 2.34. The third-order valence-corrected chi connectivity index (χ3v) is 5.55. The van der Waals surface area contributed by atoms with Crippen molar-refractivity contribution in [3.63, 3.8) is 0 Å². The zero-order valence-corrected chi connectivity index (χ0v) is 19.2. The Morgan fingerprint density at radius 1 is 1.14 bits per heavy atom. The third kappa shape index (κ3) is 5.19. The first-order valence-electron chi connectivity index (χ1n) is 9.56. The molecular formula is C21H25BrN4O2S. The molecule has 0 saturated carbocycles. The molecule has 8 heteroatoms. The highest BCUT2D eigenvalue weighted by molar-refractivity contribution is 9.10. The molecule has 0 bridgehead atoms. The fourth-order valence-corrected chi connectivity index (χ4v) is 3.59. The van der Waals surface area contributed by atoms with E-state index in [2.05, 4.69) is 50.6 Å². The van der Waals surface area contributed by atoms with Crippen molar-refractivity contribution in [2.45, 2.75) is 40.3 Å². The molecule has 6 nitrogen and oxygen atoms in total. The first-order chi connectivity index (χ1) is 14.0. The summed E-state index contributed by atoms with van der Waals surface area (Å²) in [7, 11) is 0. The lowest BCUT2D eigenvalue weighted by Gasteiger charge is -2.17. The van der Waals surface area contributed by atoms with E-state index in [0.29, 0.717) is 36.0 Å². The minimum absolute atomic E-state index is 0.487. The van der Waals surface area contributed by atoms with Crippen molar-refractivity contribution >= 4 is 28.1 Å². The molecule has 2 aromatic carbocycles. The van der Waals surface area contributed by atoms with E-state index >= 15 is 0 Å². The van der Waals surface area contributed by atoms with Gasteiger partial charge in [-0.1, -0.05) is 47.1 Å². The van der Waals surface area contributed by atoms with Gasteiger partial charge >= 0.3 is 0 Å². The predicted molar refractivity (Wildman–Crippen MR) is 121 cm³/mol. The number of aromatic amines is 1. The van der Waals surface area contributed by atoms with Crippen molar-refractivity contribution in [3.8, 4) is 11.5 Å². The van der Waals surface area contributed by atoms with Gasteiger partial charge in [0.2, 0.25) is 4.77 Å². The lowest BCUT2D eigenvalue weighted by molar-refractivity contribution is 0.268. The van der Waals surface area contributed by atoms with Crippen molar-refractivity contribution in [2.75, 3.05) is 12.0 Å². The highest BCUT2D eigenvalue weighted by atomic mass is 79.9. The molecule has 1 heterocycles. The smallest absolute Gasteiger partial charge is 0.214 e. The summed E-state index contributed by atoms with van der Waals surface area (Å²) in [6.07, 6.45) is 0.775. The van der Waals surface area contributed by atoms with Crippen molar-refractivity contribution in [2.24, 2.45) is 0 Å². The van der Waals surface area contributed by atoms with Gasteiger partial charge in [-0.15, -0.1) is 0 Å². The molecule has 3 aromatic rings. The normalized spacial score (nSPS) is 10.8. The number of hydrogen-bond acceptors (Lipinski definition) is 5. The van der Waals surface area contributed by atoms with Crippen molar-refractivity contribution in [1.82, 2.24) is 14.9 Å². The first kappa shape index (κ1) is 21.4. The van der Waals surface area contributed by atoms with Gasteiger partial charge in [-0.2, -0.15) is 5.10 Å². The minimum atomic E-state index is 0.487. The first-order valence-corrected chi connectivity index (χ1v) is 10.8. The van der Waals surface area contributed by atoms with Crippen molar-refractivity contribution < 1.29 is 9.47 Å². The van der Waals surface area contributed by atoms with E-state index < -0.39 is 0 Å². The zero-order chi connectivity index (χ0) is 20.8. The average Bonchev–Trinajstić information content (AvgIpc) is 3.07. The summed E-state index contributed by atoms with van der Waals surface area (Å²) in [5, 5.41) is 7.03. The standard InChI is InChI=1S/C21H25BrN4O2S/c1-4-20-24-25-21(29)26(20)23-12-16-10-18(27-5-2)19(11-17(16)22)28-13-15-9-7-6-8-14(15)3/h6-11,23H,4-5,12-13H2,1-3H3,(H,25,29). The van der Waals surface area contributed by atoms with Crippen molar-refractivity contribution in [3.05, 3.63) is 68.2 Å². The summed E-state index contributed by atoms with van der Waals surface area (Å²) < 4.78 is 15.2. The SMILES string of the molecule is CCOc1cc(CNn2c(CC)n[nH]c2=S)c(Br)cc1OCc1ccccc1C. The molecule has 0 atom stereocenters. The number of benzene rings is 2. The van der Waals surface area contributed by atoms with Gasteiger partial charge in [-0.25, -0.2) is 4.68 Å². The van der Waals surface area contributed by atoms with Crippen LogP contribution in [0.4, 0.5) is 0 Å². The van der Waals surface area contributed by atoms with Crippen LogP contribution in [0.5, 0.6) is 11.5 Å². The van der Waals surface area contributed by atoms with Gasteiger partial charge in [0.25, 0.3) is 0 Å². The lowest BCUT2D eigenvalue weighted by atomic mass is 10.1. The number of ether oxygens (including phenoxy) is 2. The van der Waals surface area contributed by atoms with Gasteiger partial charge in [-0.3, -0.25) is 5.10 Å². The molecule has 3 rings (SSSR count). The van der Waals surface area contributed by atoms with Crippen LogP contribution in [0, 0.1) is 11.7 Å². The molecule has 29 heavy (non-hydrogen) atoms. The molecule has 0 aliphatic heterocycles. The molecule has 154 valence electrons. The third-order valence-electron chi connectivity index (χ3n) is 4.54. The summed E-state index contributed by atoms with van der Waals surface area (Å²) in [5.74, 6) is 2.28. The summed E-state index contributed by atoms with van der Waals surface area (Å²) >= 11 is 8.95. The van der Waals surface area contributed by atoms with Gasteiger partial charge in [0.15, 0.2) is 17.3 Å². The summed E-state index contributed by atoms with van der Waals surface area (Å²) in [6, 6.07) is 12.1. The van der Waals surface area contributed by atoms with E-state index in [4.69, 9.17) is 21.7 Å². The average molecular weight is 477 g/mol. The molecular weight excluding hydrogens is 452 g/mol. The van der Waals surface area contributed by atoms with E-state index in [9.17, 15) is 0 Å². The molecule has 0 unspecified atom stereocenters. The van der Waals surface area contributed by atoms with E-state index in [1.165, 1.54) is 5.56 Å². The molecule has 2 N–H and O–H groups in total. The molecule has 0 amide bonds. The molecule has 0 saturated heterocycles. The number of nitrogens with one attached hydrogen (secondary N) is 2. The number of aryl methyl sites for hydroxylation is 2. The Bertz CT molecular complexity index is 1030. The fraction of sp³-hybridized carbons (Fsp3) is 0.333. The zero-order valence-electron chi connectivity index (χ0n) is 16.8. The van der Waals surface area contributed by atoms with Crippen LogP contribution in [-0.4, -0.2) is 21.5 Å². The van der Waals surface area contributed by atoms with Crippen LogP contribution in [0.3, 0.4) is 0 Å². The van der Waals surface area contributed by atoms with Gasteiger partial charge in [0.05, 0.1) is 13.2 Å². The number of halogens is 1. The minimum Gasteiger partial charge on any atom is -0.490 e. The monoisotopic (exact) mass is 476 g/mol. The van der Waals surface area contributed by atoms with Crippen LogP contribution < -0.4 is 14.9 Å². The van der Waals surface area contributed by atoms with Crippen LogP contribution in [0.2, 0.25) is 0 Å². The fourth-order valence-electron chi connectivity index (χ4n) is 2.92. The van der Waals surface area contributed by atoms with Gasteiger partial charge in [0, 0.05) is 10.9 Å². The number of rotatable bonds is 9. The Labute approximate surface area is 184 Å². The lowest BCUT2D eigenvalue weighted by Crippen LogP contribution is -2.17. The maximum Gasteiger partial charge on any atom is 0.214 e. The van der Waals surface area contributed by atoms with Gasteiger partial charge in [-0.05, 0) is 54.9 Å². The predicted octanol–water partition coefficient (Wildman–Crippen LogP) is 5.30. The molecule has 0 aliphatic rings. The van der Waals surface area contributed by atoms with Crippen LogP contribution in [0.15, 0.2) is 40.9 Å². The Balaban J connectivity index is 1.79. The Kier molecular flexibility index (Phi) is 7.33. The van der Waals surface area contributed by atoms with Gasteiger partial charge in [0.1, 0.15) is 6.61 Å². The second kappa shape index (κ2) is 9.93. The Morgan fingerprint density at radius 2 is 1.90 bits per heavy atom. The molecule has 0 aliphatic carbocycles. The van der Waals surface area contributed by atoms with Crippen LogP contribution in [0.25, 0.3) is 0 Å². The largest absolute Gasteiger partial charge is 0.490 e. The van der Waals surface area contributed by atoms with Crippen LogP contribution in [0.1, 0.15) is 36.4 Å². The summed E-state index contributed by atoms with van der Waals surface area (Å²) in [5.41, 5.74) is 6.70. The Morgan fingerprint density at radius 3 is 2.62 bits per heavy atom. The van der Waals surface area contributed by atoms with Crippen LogP contribution >= 0.6 is 28.1 Å². The van der Waals surface area contributed by atoms with E-state index in [1.54, 1.807) is 4.68 Å². The number of aromatic nitrogens is 3. The molecule has 1 aromatic heterocycles. The second-order valence-corrected chi connectivity index (χ2v) is 7.75. The van der Waals surface area contributed by atoms with E-state index in [1.807, 2.05) is 38.1 Å². The Hall–Kier alpha value is -2.32. The molecule has 0 spiro atoms. The number of H-pyrrole nitrogens is 1. The molecule has 0 fully saturated rings. The van der Waals surface area contributed by atoms with Crippen LogP contribution in [-0.2, 0) is 19.6 Å². The van der Waals surface area contributed by atoms with Crippen molar-refractivity contribution in [1.29, 1.82) is 0 Å².